The van der Waals surface area contributed by atoms with Crippen LogP contribution in [-0.2, 0) is 17.8 Å². The molecule has 0 aromatic heterocycles. The van der Waals surface area contributed by atoms with Gasteiger partial charge in [-0.2, -0.15) is 0 Å². The number of ether oxygens (including phenoxy) is 2. The number of allylic oxidation sites excluding steroid dienone is 3. The standard InChI is InChI=1S/C31H32O2/c1-2-32-27-16-13-25(14-17-27)31-29(24-11-7-4-8-12-24)19-15-26-21-28(18-20-30(26)31)33-22-23-9-5-3-6-10-23/h3-13,16-18,20-21,25,29,31H,2,14-15,19,22H2,1H3/t25?,29-,31+/m1/s1. The zero-order valence-corrected chi connectivity index (χ0v) is 19.3. The van der Waals surface area contributed by atoms with Crippen LogP contribution in [0.15, 0.2) is 103 Å². The molecule has 2 nitrogen and oxygen atoms in total. The Bertz CT molecular complexity index is 1110. The lowest BCUT2D eigenvalue weighted by atomic mass is 9.65. The molecule has 3 aromatic carbocycles. The highest BCUT2D eigenvalue weighted by atomic mass is 16.5. The molecule has 0 spiro atoms. The normalized spacial score (nSPS) is 21.7. The second-order valence-corrected chi connectivity index (χ2v) is 9.01. The second-order valence-electron chi connectivity index (χ2n) is 9.01. The van der Waals surface area contributed by atoms with E-state index >= 15 is 0 Å². The molecular formula is C31H32O2. The molecule has 3 atom stereocenters. The maximum absolute atomic E-state index is 6.15. The summed E-state index contributed by atoms with van der Waals surface area (Å²) in [5.41, 5.74) is 5.56. The van der Waals surface area contributed by atoms with Gasteiger partial charge in [0, 0.05) is 0 Å². The summed E-state index contributed by atoms with van der Waals surface area (Å²) in [4.78, 5) is 0. The van der Waals surface area contributed by atoms with Crippen LogP contribution in [0.4, 0.5) is 0 Å². The largest absolute Gasteiger partial charge is 0.494 e. The molecule has 0 radical (unpaired) electrons. The molecular weight excluding hydrogens is 404 g/mol. The fourth-order valence-corrected chi connectivity index (χ4v) is 5.42. The molecule has 0 bridgehead atoms. The third kappa shape index (κ3) is 4.90. The van der Waals surface area contributed by atoms with Gasteiger partial charge in [0.15, 0.2) is 0 Å². The Morgan fingerprint density at radius 3 is 2.39 bits per heavy atom. The van der Waals surface area contributed by atoms with Crippen LogP contribution in [-0.4, -0.2) is 6.61 Å². The highest BCUT2D eigenvalue weighted by molar-refractivity contribution is 5.44. The molecule has 0 aliphatic heterocycles. The van der Waals surface area contributed by atoms with Crippen molar-refractivity contribution in [2.75, 3.05) is 6.61 Å². The molecule has 0 amide bonds. The van der Waals surface area contributed by atoms with E-state index in [0.717, 1.165) is 30.8 Å². The van der Waals surface area contributed by atoms with Crippen LogP contribution in [0.3, 0.4) is 0 Å². The number of rotatable bonds is 7. The molecule has 0 heterocycles. The average Bonchev–Trinajstić information content (AvgIpc) is 2.88. The van der Waals surface area contributed by atoms with Gasteiger partial charge in [0.2, 0.25) is 0 Å². The number of benzene rings is 3. The van der Waals surface area contributed by atoms with E-state index in [1.54, 1.807) is 0 Å². The molecule has 0 N–H and O–H groups in total. The predicted octanol–water partition coefficient (Wildman–Crippen LogP) is 7.58. The first-order chi connectivity index (χ1) is 16.3. The third-order valence-electron chi connectivity index (χ3n) is 6.98. The van der Waals surface area contributed by atoms with Crippen molar-refractivity contribution in [2.24, 2.45) is 5.92 Å². The second kappa shape index (κ2) is 10.1. The lowest BCUT2D eigenvalue weighted by molar-refractivity contribution is 0.237. The van der Waals surface area contributed by atoms with Crippen molar-refractivity contribution in [2.45, 2.75) is 44.6 Å². The Morgan fingerprint density at radius 1 is 0.879 bits per heavy atom. The summed E-state index contributed by atoms with van der Waals surface area (Å²) in [5, 5.41) is 0. The Hall–Kier alpha value is -3.26. The van der Waals surface area contributed by atoms with Crippen molar-refractivity contribution >= 4 is 0 Å². The van der Waals surface area contributed by atoms with Crippen LogP contribution in [0.1, 0.15) is 53.9 Å². The molecule has 0 fully saturated rings. The number of fused-ring (bicyclic) bond motifs is 1. The summed E-state index contributed by atoms with van der Waals surface area (Å²) >= 11 is 0. The van der Waals surface area contributed by atoms with Gasteiger partial charge in [-0.1, -0.05) is 72.8 Å². The predicted molar refractivity (Wildman–Crippen MR) is 134 cm³/mol. The Morgan fingerprint density at radius 2 is 1.67 bits per heavy atom. The molecule has 33 heavy (non-hydrogen) atoms. The van der Waals surface area contributed by atoms with Crippen LogP contribution in [0, 0.1) is 5.92 Å². The van der Waals surface area contributed by atoms with Crippen LogP contribution >= 0.6 is 0 Å². The highest BCUT2D eigenvalue weighted by Gasteiger charge is 2.35. The monoisotopic (exact) mass is 436 g/mol. The summed E-state index contributed by atoms with van der Waals surface area (Å²) in [6.07, 6.45) is 10.1. The first-order valence-electron chi connectivity index (χ1n) is 12.2. The Balaban J connectivity index is 1.42. The van der Waals surface area contributed by atoms with Crippen molar-refractivity contribution in [3.05, 3.63) is 125 Å². The van der Waals surface area contributed by atoms with Gasteiger partial charge in [-0.3, -0.25) is 0 Å². The highest BCUT2D eigenvalue weighted by Crippen LogP contribution is 2.49. The van der Waals surface area contributed by atoms with Gasteiger partial charge in [0.1, 0.15) is 18.1 Å². The zero-order chi connectivity index (χ0) is 22.5. The molecule has 2 heteroatoms. The van der Waals surface area contributed by atoms with Gasteiger partial charge in [-0.05, 0) is 90.5 Å². The molecule has 168 valence electrons. The summed E-state index contributed by atoms with van der Waals surface area (Å²) in [6.45, 7) is 3.36. The summed E-state index contributed by atoms with van der Waals surface area (Å²) in [6, 6.07) is 28.2. The third-order valence-corrected chi connectivity index (χ3v) is 6.98. The molecule has 5 rings (SSSR count). The van der Waals surface area contributed by atoms with E-state index in [4.69, 9.17) is 9.47 Å². The molecule has 1 unspecified atom stereocenters. The smallest absolute Gasteiger partial charge is 0.120 e. The lowest BCUT2D eigenvalue weighted by Crippen LogP contribution is -2.26. The molecule has 0 saturated carbocycles. The van der Waals surface area contributed by atoms with E-state index < -0.39 is 0 Å². The fourth-order valence-electron chi connectivity index (χ4n) is 5.42. The summed E-state index contributed by atoms with van der Waals surface area (Å²) in [5.74, 6) is 3.41. The van der Waals surface area contributed by atoms with Crippen LogP contribution in [0.25, 0.3) is 0 Å². The maximum Gasteiger partial charge on any atom is 0.120 e. The summed E-state index contributed by atoms with van der Waals surface area (Å²) < 4.78 is 11.9. The van der Waals surface area contributed by atoms with Crippen LogP contribution in [0.5, 0.6) is 5.75 Å². The van der Waals surface area contributed by atoms with E-state index in [2.05, 4.69) is 91.0 Å². The average molecular weight is 437 g/mol. The van der Waals surface area contributed by atoms with Crippen molar-refractivity contribution in [3.8, 4) is 5.75 Å². The molecule has 3 aromatic rings. The maximum atomic E-state index is 6.15. The first kappa shape index (κ1) is 21.6. The van der Waals surface area contributed by atoms with Crippen molar-refractivity contribution in [3.63, 3.8) is 0 Å². The fraction of sp³-hybridized carbons (Fsp3) is 0.290. The minimum atomic E-state index is 0.454. The number of aryl methyl sites for hydroxylation is 1. The minimum Gasteiger partial charge on any atom is -0.494 e. The van der Waals surface area contributed by atoms with Crippen LogP contribution in [0.2, 0.25) is 0 Å². The van der Waals surface area contributed by atoms with Gasteiger partial charge in [0.25, 0.3) is 0 Å². The molecule has 2 aliphatic rings. The zero-order valence-electron chi connectivity index (χ0n) is 19.3. The molecule has 2 aliphatic carbocycles. The first-order valence-corrected chi connectivity index (χ1v) is 12.2. The van der Waals surface area contributed by atoms with Gasteiger partial charge in [-0.15, -0.1) is 0 Å². The van der Waals surface area contributed by atoms with Crippen molar-refractivity contribution < 1.29 is 9.47 Å². The Kier molecular flexibility index (Phi) is 6.62. The van der Waals surface area contributed by atoms with E-state index in [1.165, 1.54) is 22.3 Å². The van der Waals surface area contributed by atoms with E-state index in [9.17, 15) is 0 Å². The van der Waals surface area contributed by atoms with Gasteiger partial charge < -0.3 is 9.47 Å². The Labute approximate surface area is 197 Å². The lowest BCUT2D eigenvalue weighted by Gasteiger charge is -2.39. The van der Waals surface area contributed by atoms with E-state index in [-0.39, 0.29) is 0 Å². The quantitative estimate of drug-likeness (QED) is 0.380. The SMILES string of the molecule is CCOC1=CCC([C@@H]2c3ccc(OCc4ccccc4)cc3CC[C@@H]2c2ccccc2)C=C1. The van der Waals surface area contributed by atoms with Crippen molar-refractivity contribution in [1.82, 2.24) is 0 Å². The molecule has 0 saturated heterocycles. The van der Waals surface area contributed by atoms with Gasteiger partial charge in [-0.25, -0.2) is 0 Å². The van der Waals surface area contributed by atoms with Gasteiger partial charge >= 0.3 is 0 Å². The number of hydrogen-bond donors (Lipinski definition) is 0. The van der Waals surface area contributed by atoms with E-state index in [1.807, 2.05) is 13.0 Å². The minimum absolute atomic E-state index is 0.454. The topological polar surface area (TPSA) is 18.5 Å². The van der Waals surface area contributed by atoms with Gasteiger partial charge in [0.05, 0.1) is 6.61 Å². The number of hydrogen-bond acceptors (Lipinski definition) is 2. The van der Waals surface area contributed by atoms with Crippen molar-refractivity contribution in [1.29, 1.82) is 0 Å². The van der Waals surface area contributed by atoms with Crippen LogP contribution < -0.4 is 4.74 Å². The van der Waals surface area contributed by atoms with E-state index in [0.29, 0.717) is 31.0 Å². The summed E-state index contributed by atoms with van der Waals surface area (Å²) in [7, 11) is 0.